The highest BCUT2D eigenvalue weighted by molar-refractivity contribution is 7.16. The molecule has 8 nitrogen and oxygen atoms in total. The molecule has 0 aliphatic rings. The highest BCUT2D eigenvalue weighted by Gasteiger charge is 2.22. The summed E-state index contributed by atoms with van der Waals surface area (Å²) in [6, 6.07) is 7.93. The van der Waals surface area contributed by atoms with Gasteiger partial charge >= 0.3 is 12.1 Å². The maximum absolute atomic E-state index is 12.8. The van der Waals surface area contributed by atoms with Crippen molar-refractivity contribution in [2.24, 2.45) is 0 Å². The van der Waals surface area contributed by atoms with Gasteiger partial charge in [0.1, 0.15) is 16.2 Å². The quantitative estimate of drug-likeness (QED) is 0.440. The van der Waals surface area contributed by atoms with Crippen LogP contribution in [0, 0.1) is 0 Å². The molecule has 0 saturated heterocycles. The number of hydrogen-bond acceptors (Lipinski definition) is 7. The lowest BCUT2D eigenvalue weighted by Gasteiger charge is -2.19. The van der Waals surface area contributed by atoms with Crippen LogP contribution in [0.5, 0.6) is 5.75 Å². The molecule has 1 heterocycles. The van der Waals surface area contributed by atoms with Gasteiger partial charge in [-0.15, -0.1) is 11.3 Å². The van der Waals surface area contributed by atoms with E-state index in [1.165, 1.54) is 6.07 Å². The minimum Gasteiger partial charge on any atom is -0.493 e. The number of rotatable bonds is 8. The number of ketones is 1. The third-order valence-electron chi connectivity index (χ3n) is 3.56. The van der Waals surface area contributed by atoms with E-state index < -0.39 is 23.4 Å². The first kappa shape index (κ1) is 22.2. The van der Waals surface area contributed by atoms with Crippen LogP contribution in [0.3, 0.4) is 0 Å². The second-order valence-corrected chi connectivity index (χ2v) is 8.21. The number of nitrogens with one attached hydrogen (secondary N) is 1. The first-order valence-electron chi connectivity index (χ1n) is 8.94. The maximum Gasteiger partial charge on any atom is 0.407 e. The normalized spacial score (nSPS) is 11.0. The molecule has 0 atom stereocenters. The molecule has 2 aromatic rings. The number of carboxylic acids is 1. The van der Waals surface area contributed by atoms with E-state index in [-0.39, 0.29) is 27.6 Å². The smallest absolute Gasteiger partial charge is 0.407 e. The van der Waals surface area contributed by atoms with Crippen molar-refractivity contribution in [2.75, 3.05) is 18.9 Å². The number of amides is 1. The van der Waals surface area contributed by atoms with Crippen LogP contribution in [0.2, 0.25) is 0 Å². The van der Waals surface area contributed by atoms with Gasteiger partial charge in [-0.2, -0.15) is 0 Å². The summed E-state index contributed by atoms with van der Waals surface area (Å²) in [5, 5.41) is 11.7. The van der Waals surface area contributed by atoms with Crippen molar-refractivity contribution in [3.05, 3.63) is 45.6 Å². The Hall–Kier alpha value is -3.07. The SMILES string of the molecule is CC(C)(C)OC(=O)NCCCOc1ccccc1C(=O)c1sc(C(=O)O)cc1N. The van der Waals surface area contributed by atoms with E-state index in [4.69, 9.17) is 20.3 Å². The van der Waals surface area contributed by atoms with Gasteiger partial charge in [-0.1, -0.05) is 12.1 Å². The first-order chi connectivity index (χ1) is 13.6. The third-order valence-corrected chi connectivity index (χ3v) is 4.69. The molecule has 1 aromatic heterocycles. The lowest BCUT2D eigenvalue weighted by atomic mass is 10.1. The summed E-state index contributed by atoms with van der Waals surface area (Å²) in [4.78, 5) is 35.7. The largest absolute Gasteiger partial charge is 0.493 e. The van der Waals surface area contributed by atoms with Gasteiger partial charge in [0.15, 0.2) is 0 Å². The Labute approximate surface area is 172 Å². The second kappa shape index (κ2) is 9.42. The first-order valence-corrected chi connectivity index (χ1v) is 9.76. The Kier molecular flexibility index (Phi) is 7.22. The molecule has 9 heteroatoms. The molecule has 0 aliphatic carbocycles. The number of para-hydroxylation sites is 1. The zero-order valence-corrected chi connectivity index (χ0v) is 17.3. The number of benzene rings is 1. The van der Waals surface area contributed by atoms with Crippen molar-refractivity contribution in [2.45, 2.75) is 32.8 Å². The van der Waals surface area contributed by atoms with Crippen molar-refractivity contribution in [1.29, 1.82) is 0 Å². The Morgan fingerprint density at radius 3 is 2.52 bits per heavy atom. The molecule has 0 radical (unpaired) electrons. The summed E-state index contributed by atoms with van der Waals surface area (Å²) in [5.74, 6) is -1.18. The standard InChI is InChI=1S/C20H24N2O6S/c1-20(2,3)28-19(26)22-9-6-10-27-14-8-5-4-7-12(14)16(23)17-13(21)11-15(29-17)18(24)25/h4-5,7-8,11H,6,9-10,21H2,1-3H3,(H,22,26)(H,24,25). The Morgan fingerprint density at radius 2 is 1.90 bits per heavy atom. The van der Waals surface area contributed by atoms with E-state index in [2.05, 4.69) is 5.32 Å². The van der Waals surface area contributed by atoms with Crippen molar-refractivity contribution >= 4 is 34.9 Å². The molecule has 1 amide bonds. The zero-order valence-electron chi connectivity index (χ0n) is 16.5. The molecule has 0 aliphatic heterocycles. The van der Waals surface area contributed by atoms with E-state index in [9.17, 15) is 14.4 Å². The number of carbonyl (C=O) groups excluding carboxylic acids is 2. The summed E-state index contributed by atoms with van der Waals surface area (Å²) in [5.41, 5.74) is 5.66. The molecular formula is C20H24N2O6S. The fourth-order valence-corrected chi connectivity index (χ4v) is 3.22. The van der Waals surface area contributed by atoms with E-state index in [1.807, 2.05) is 0 Å². The van der Waals surface area contributed by atoms with Crippen LogP contribution < -0.4 is 15.8 Å². The van der Waals surface area contributed by atoms with Gasteiger partial charge < -0.3 is 25.6 Å². The minimum absolute atomic E-state index is 0.00235. The summed E-state index contributed by atoms with van der Waals surface area (Å²) >= 11 is 0.828. The molecular weight excluding hydrogens is 396 g/mol. The fourth-order valence-electron chi connectivity index (χ4n) is 2.35. The lowest BCUT2D eigenvalue weighted by Crippen LogP contribution is -2.33. The van der Waals surface area contributed by atoms with Crippen LogP contribution >= 0.6 is 11.3 Å². The van der Waals surface area contributed by atoms with Crippen molar-refractivity contribution in [1.82, 2.24) is 5.32 Å². The highest BCUT2D eigenvalue weighted by atomic mass is 32.1. The Balaban J connectivity index is 1.96. The van der Waals surface area contributed by atoms with Crippen LogP contribution in [0.4, 0.5) is 10.5 Å². The molecule has 0 spiro atoms. The van der Waals surface area contributed by atoms with Crippen LogP contribution in [-0.4, -0.2) is 41.7 Å². The highest BCUT2D eigenvalue weighted by Crippen LogP contribution is 2.30. The third kappa shape index (κ3) is 6.49. The average Bonchev–Trinajstić information content (AvgIpc) is 3.02. The van der Waals surface area contributed by atoms with Gasteiger partial charge in [0.25, 0.3) is 0 Å². The monoisotopic (exact) mass is 420 g/mol. The number of nitrogens with two attached hydrogens (primary N) is 1. The number of nitrogen functional groups attached to an aromatic ring is 1. The summed E-state index contributed by atoms with van der Waals surface area (Å²) < 4.78 is 10.8. The average molecular weight is 420 g/mol. The molecule has 0 fully saturated rings. The van der Waals surface area contributed by atoms with E-state index in [0.29, 0.717) is 18.7 Å². The van der Waals surface area contributed by atoms with E-state index in [0.717, 1.165) is 11.3 Å². The predicted octanol–water partition coefficient (Wildman–Crippen LogP) is 3.55. The summed E-state index contributed by atoms with van der Waals surface area (Å²) in [7, 11) is 0. The predicted molar refractivity (Wildman–Crippen MR) is 110 cm³/mol. The van der Waals surface area contributed by atoms with Crippen molar-refractivity contribution < 1.29 is 29.0 Å². The topological polar surface area (TPSA) is 128 Å². The van der Waals surface area contributed by atoms with Crippen LogP contribution in [0.15, 0.2) is 30.3 Å². The fraction of sp³-hybridized carbons (Fsp3) is 0.350. The van der Waals surface area contributed by atoms with Crippen LogP contribution in [0.1, 0.15) is 52.1 Å². The number of aromatic carboxylic acids is 1. The molecule has 2 rings (SSSR count). The summed E-state index contributed by atoms with van der Waals surface area (Å²) in [6.07, 6.45) is 0.00184. The minimum atomic E-state index is -1.14. The molecule has 1 aromatic carbocycles. The van der Waals surface area contributed by atoms with Gasteiger partial charge in [0.2, 0.25) is 5.78 Å². The number of hydrogen-bond donors (Lipinski definition) is 3. The number of ether oxygens (including phenoxy) is 2. The van der Waals surface area contributed by atoms with Crippen LogP contribution in [-0.2, 0) is 4.74 Å². The van der Waals surface area contributed by atoms with Crippen LogP contribution in [0.25, 0.3) is 0 Å². The zero-order chi connectivity index (χ0) is 21.6. The number of thiophene rings is 1. The van der Waals surface area contributed by atoms with Gasteiger partial charge in [-0.25, -0.2) is 9.59 Å². The molecule has 0 bridgehead atoms. The van der Waals surface area contributed by atoms with E-state index >= 15 is 0 Å². The van der Waals surface area contributed by atoms with Crippen molar-refractivity contribution in [3.63, 3.8) is 0 Å². The van der Waals surface area contributed by atoms with Gasteiger partial charge in [-0.05, 0) is 45.4 Å². The number of alkyl carbamates (subject to hydrolysis) is 1. The molecule has 4 N–H and O–H groups in total. The molecule has 0 unspecified atom stereocenters. The molecule has 29 heavy (non-hydrogen) atoms. The lowest BCUT2D eigenvalue weighted by molar-refractivity contribution is 0.0524. The van der Waals surface area contributed by atoms with Gasteiger partial charge in [0.05, 0.1) is 22.7 Å². The number of carbonyl (C=O) groups is 3. The molecule has 156 valence electrons. The number of carboxylic acid groups (broad SMARTS) is 1. The van der Waals surface area contributed by atoms with Crippen molar-refractivity contribution in [3.8, 4) is 5.75 Å². The summed E-state index contributed by atoms with van der Waals surface area (Å²) in [6.45, 7) is 5.96. The Bertz CT molecular complexity index is 901. The maximum atomic E-state index is 12.8. The van der Waals surface area contributed by atoms with Gasteiger partial charge in [0, 0.05) is 6.54 Å². The van der Waals surface area contributed by atoms with Gasteiger partial charge in [-0.3, -0.25) is 4.79 Å². The Morgan fingerprint density at radius 1 is 1.21 bits per heavy atom. The second-order valence-electron chi connectivity index (χ2n) is 7.16. The molecule has 0 saturated carbocycles. The number of anilines is 1. The van der Waals surface area contributed by atoms with E-state index in [1.54, 1.807) is 45.0 Å².